The second-order valence-electron chi connectivity index (χ2n) is 5.61. The minimum absolute atomic E-state index is 0.165. The van der Waals surface area contributed by atoms with Gasteiger partial charge in [0.15, 0.2) is 0 Å². The molecule has 0 bridgehead atoms. The Morgan fingerprint density at radius 3 is 2.60 bits per heavy atom. The number of nitrogens with zero attached hydrogens (tertiary/aromatic N) is 1. The second-order valence-corrected chi connectivity index (χ2v) is 5.61. The topological polar surface area (TPSA) is 66.6 Å². The molecule has 1 fully saturated rings. The van der Waals surface area contributed by atoms with Crippen LogP contribution in [0.4, 0.5) is 10.1 Å². The van der Waals surface area contributed by atoms with E-state index in [1.54, 1.807) is 6.07 Å². The lowest BCUT2D eigenvalue weighted by Gasteiger charge is -2.33. The summed E-state index contributed by atoms with van der Waals surface area (Å²) in [6, 6.07) is 5.25. The molecule has 0 saturated heterocycles. The quantitative estimate of drug-likeness (QED) is 0.832. The van der Waals surface area contributed by atoms with Gasteiger partial charge in [-0.05, 0) is 50.4 Å². The van der Waals surface area contributed by atoms with E-state index in [1.165, 1.54) is 6.07 Å². The van der Waals surface area contributed by atoms with Gasteiger partial charge in [-0.3, -0.25) is 9.69 Å². The molecule has 1 aliphatic rings. The summed E-state index contributed by atoms with van der Waals surface area (Å²) in [5, 5.41) is 8.99. The predicted molar refractivity (Wildman–Crippen MR) is 75.7 cm³/mol. The zero-order valence-electron chi connectivity index (χ0n) is 11.7. The third-order valence-corrected chi connectivity index (χ3v) is 4.17. The maximum atomic E-state index is 13.4. The molecule has 0 aromatic heterocycles. The van der Waals surface area contributed by atoms with E-state index in [-0.39, 0.29) is 17.4 Å². The maximum Gasteiger partial charge on any atom is 0.306 e. The Morgan fingerprint density at radius 2 is 2.05 bits per heavy atom. The third kappa shape index (κ3) is 3.48. The molecular formula is C15H21FN2O2. The summed E-state index contributed by atoms with van der Waals surface area (Å²) < 4.78 is 13.4. The molecule has 3 N–H and O–H groups in total. The molecule has 110 valence electrons. The van der Waals surface area contributed by atoms with Crippen molar-refractivity contribution in [3.05, 3.63) is 29.6 Å². The lowest BCUT2D eigenvalue weighted by Crippen LogP contribution is -2.36. The first-order valence-electron chi connectivity index (χ1n) is 6.94. The van der Waals surface area contributed by atoms with Gasteiger partial charge in [0.25, 0.3) is 0 Å². The minimum Gasteiger partial charge on any atom is -0.481 e. The van der Waals surface area contributed by atoms with Gasteiger partial charge in [-0.15, -0.1) is 0 Å². The summed E-state index contributed by atoms with van der Waals surface area (Å²) >= 11 is 0. The number of halogens is 1. The Kier molecular flexibility index (Phi) is 4.60. The largest absolute Gasteiger partial charge is 0.481 e. The molecule has 0 heterocycles. The van der Waals surface area contributed by atoms with Gasteiger partial charge >= 0.3 is 5.97 Å². The zero-order chi connectivity index (χ0) is 14.7. The van der Waals surface area contributed by atoms with Crippen LogP contribution in [0.5, 0.6) is 0 Å². The van der Waals surface area contributed by atoms with Gasteiger partial charge in [-0.1, -0.05) is 6.07 Å². The molecule has 0 radical (unpaired) electrons. The molecule has 4 nitrogen and oxygen atoms in total. The molecule has 0 spiro atoms. The molecular weight excluding hydrogens is 259 g/mol. The highest BCUT2D eigenvalue weighted by molar-refractivity contribution is 5.70. The van der Waals surface area contributed by atoms with Crippen molar-refractivity contribution < 1.29 is 14.3 Å². The van der Waals surface area contributed by atoms with Crippen molar-refractivity contribution in [2.24, 2.45) is 5.92 Å². The number of anilines is 1. The van der Waals surface area contributed by atoms with Crippen LogP contribution < -0.4 is 5.73 Å². The number of hydrogen-bond acceptors (Lipinski definition) is 3. The number of nitrogen functional groups attached to an aromatic ring is 1. The lowest BCUT2D eigenvalue weighted by atomic mass is 9.85. The molecule has 1 aromatic carbocycles. The van der Waals surface area contributed by atoms with Crippen molar-refractivity contribution in [3.8, 4) is 0 Å². The predicted octanol–water partition coefficient (Wildman–Crippen LogP) is 2.48. The number of carboxylic acids is 1. The second kappa shape index (κ2) is 6.22. The zero-order valence-corrected chi connectivity index (χ0v) is 11.7. The minimum atomic E-state index is -0.688. The fraction of sp³-hybridized carbons (Fsp3) is 0.533. The van der Waals surface area contributed by atoms with Crippen LogP contribution >= 0.6 is 0 Å². The molecule has 0 amide bonds. The van der Waals surface area contributed by atoms with Crippen molar-refractivity contribution in [1.82, 2.24) is 4.90 Å². The van der Waals surface area contributed by atoms with Crippen LogP contribution in [0.2, 0.25) is 0 Å². The lowest BCUT2D eigenvalue weighted by molar-refractivity contribution is -0.143. The van der Waals surface area contributed by atoms with E-state index >= 15 is 0 Å². The molecule has 0 aliphatic heterocycles. The van der Waals surface area contributed by atoms with Gasteiger partial charge < -0.3 is 10.8 Å². The van der Waals surface area contributed by atoms with Gasteiger partial charge in [0.1, 0.15) is 5.82 Å². The molecule has 0 atom stereocenters. The summed E-state index contributed by atoms with van der Waals surface area (Å²) in [7, 11) is 2.00. The van der Waals surface area contributed by atoms with E-state index in [1.807, 2.05) is 13.1 Å². The van der Waals surface area contributed by atoms with Gasteiger partial charge in [0.05, 0.1) is 11.6 Å². The van der Waals surface area contributed by atoms with Crippen molar-refractivity contribution in [2.45, 2.75) is 38.3 Å². The average Bonchev–Trinajstić information content (AvgIpc) is 2.43. The van der Waals surface area contributed by atoms with E-state index in [9.17, 15) is 9.18 Å². The van der Waals surface area contributed by atoms with Crippen LogP contribution in [0.25, 0.3) is 0 Å². The van der Waals surface area contributed by atoms with Crippen LogP contribution in [0.3, 0.4) is 0 Å². The number of carboxylic acid groups (broad SMARTS) is 1. The van der Waals surface area contributed by atoms with E-state index < -0.39 is 5.97 Å². The van der Waals surface area contributed by atoms with E-state index in [2.05, 4.69) is 4.90 Å². The number of carbonyl (C=O) groups is 1. The van der Waals surface area contributed by atoms with Crippen LogP contribution in [-0.2, 0) is 11.3 Å². The Balaban J connectivity index is 1.90. The molecule has 5 heteroatoms. The Bertz CT molecular complexity index is 485. The summed E-state index contributed by atoms with van der Waals surface area (Å²) in [4.78, 5) is 13.1. The van der Waals surface area contributed by atoms with Crippen molar-refractivity contribution >= 4 is 11.7 Å². The van der Waals surface area contributed by atoms with Crippen LogP contribution in [0.15, 0.2) is 18.2 Å². The van der Waals surface area contributed by atoms with E-state index in [4.69, 9.17) is 10.8 Å². The Hall–Kier alpha value is -1.62. The van der Waals surface area contributed by atoms with Gasteiger partial charge in [0, 0.05) is 12.6 Å². The highest BCUT2D eigenvalue weighted by Crippen LogP contribution is 2.28. The first kappa shape index (κ1) is 14.8. The standard InChI is InChI=1S/C15H21FN2O2/c1-18(9-10-2-7-14(17)13(16)8-10)12-5-3-11(4-6-12)15(19)20/h2,7-8,11-12H,3-6,9,17H2,1H3,(H,19,20)/t11-,12-. The fourth-order valence-electron chi connectivity index (χ4n) is 2.85. The smallest absolute Gasteiger partial charge is 0.306 e. The third-order valence-electron chi connectivity index (χ3n) is 4.17. The molecule has 2 rings (SSSR count). The van der Waals surface area contributed by atoms with Crippen LogP contribution in [0.1, 0.15) is 31.2 Å². The number of nitrogens with two attached hydrogens (primary N) is 1. The maximum absolute atomic E-state index is 13.4. The molecule has 1 aromatic rings. The molecule has 1 aliphatic carbocycles. The Morgan fingerprint density at radius 1 is 1.40 bits per heavy atom. The highest BCUT2D eigenvalue weighted by atomic mass is 19.1. The van der Waals surface area contributed by atoms with Gasteiger partial charge in [0.2, 0.25) is 0 Å². The SMILES string of the molecule is CN(Cc1ccc(N)c(F)c1)[C@H]1CC[C@H](C(=O)O)CC1. The van der Waals surface area contributed by atoms with Crippen LogP contribution in [0, 0.1) is 11.7 Å². The number of benzene rings is 1. The highest BCUT2D eigenvalue weighted by Gasteiger charge is 2.27. The normalized spacial score (nSPS) is 22.9. The summed E-state index contributed by atoms with van der Waals surface area (Å²) in [5.74, 6) is -1.27. The summed E-state index contributed by atoms with van der Waals surface area (Å²) in [6.07, 6.45) is 3.21. The van der Waals surface area contributed by atoms with Crippen molar-refractivity contribution in [1.29, 1.82) is 0 Å². The number of aliphatic carboxylic acids is 1. The van der Waals surface area contributed by atoms with E-state index in [0.717, 1.165) is 31.2 Å². The first-order valence-corrected chi connectivity index (χ1v) is 6.94. The molecule has 1 saturated carbocycles. The summed E-state index contributed by atoms with van der Waals surface area (Å²) in [6.45, 7) is 0.652. The van der Waals surface area contributed by atoms with Crippen molar-refractivity contribution in [2.75, 3.05) is 12.8 Å². The first-order chi connectivity index (χ1) is 9.47. The average molecular weight is 280 g/mol. The van der Waals surface area contributed by atoms with Gasteiger partial charge in [-0.25, -0.2) is 4.39 Å². The Labute approximate surface area is 118 Å². The summed E-state index contributed by atoms with van der Waals surface area (Å²) in [5.41, 5.74) is 6.52. The number of rotatable bonds is 4. The fourth-order valence-corrected chi connectivity index (χ4v) is 2.85. The van der Waals surface area contributed by atoms with Gasteiger partial charge in [-0.2, -0.15) is 0 Å². The van der Waals surface area contributed by atoms with Crippen LogP contribution in [-0.4, -0.2) is 29.1 Å². The monoisotopic (exact) mass is 280 g/mol. The molecule has 20 heavy (non-hydrogen) atoms. The van der Waals surface area contributed by atoms with Crippen molar-refractivity contribution in [3.63, 3.8) is 0 Å². The molecule has 0 unspecified atom stereocenters. The van der Waals surface area contributed by atoms with E-state index in [0.29, 0.717) is 12.6 Å². The number of hydrogen-bond donors (Lipinski definition) is 2.